The molecule has 2 aromatic carbocycles. The Morgan fingerprint density at radius 2 is 1.74 bits per heavy atom. The fraction of sp³-hybridized carbons (Fsp3) is 0.300. The van der Waals surface area contributed by atoms with Crippen LogP contribution in [0.1, 0.15) is 12.5 Å². The van der Waals surface area contributed by atoms with Gasteiger partial charge in [0, 0.05) is 33.4 Å². The minimum absolute atomic E-state index is 0.107. The predicted molar refractivity (Wildman–Crippen MR) is 116 cm³/mol. The molecule has 1 aliphatic rings. The zero-order valence-electron chi connectivity index (χ0n) is 15.2. The highest BCUT2D eigenvalue weighted by Gasteiger charge is 2.39. The smallest absolute Gasteiger partial charge is 0.245 e. The van der Waals surface area contributed by atoms with Crippen molar-refractivity contribution < 1.29 is 4.79 Å². The molecular formula is C20H21Cl2N3OS. The second kappa shape index (κ2) is 8.55. The Hall–Kier alpha value is -1.69. The Kier molecular flexibility index (Phi) is 6.35. The molecule has 4 nitrogen and oxygen atoms in total. The molecule has 1 atom stereocenters. The zero-order chi connectivity index (χ0) is 19.4. The molecule has 7 heteroatoms. The molecule has 1 unspecified atom stereocenters. The third-order valence-electron chi connectivity index (χ3n) is 4.38. The van der Waals surface area contributed by atoms with Gasteiger partial charge in [0.2, 0.25) is 5.91 Å². The number of anilines is 1. The largest absolute Gasteiger partial charge is 0.324 e. The van der Waals surface area contributed by atoms with Gasteiger partial charge in [0.05, 0.1) is 5.71 Å². The number of hydrogen-bond acceptors (Lipinski definition) is 4. The van der Waals surface area contributed by atoms with Crippen molar-refractivity contribution in [1.29, 1.82) is 0 Å². The molecule has 0 aromatic heterocycles. The van der Waals surface area contributed by atoms with Crippen LogP contribution in [0.25, 0.3) is 0 Å². The number of hydrazone groups is 1. The Labute approximate surface area is 173 Å². The second-order valence-corrected chi connectivity index (χ2v) is 8.57. The molecule has 0 bridgehead atoms. The highest BCUT2D eigenvalue weighted by Crippen LogP contribution is 2.34. The number of rotatable bonds is 6. The van der Waals surface area contributed by atoms with E-state index in [2.05, 4.69) is 18.5 Å². The maximum atomic E-state index is 12.4. The van der Waals surface area contributed by atoms with Gasteiger partial charge in [-0.2, -0.15) is 16.9 Å². The summed E-state index contributed by atoms with van der Waals surface area (Å²) in [6.45, 7) is 3.08. The first-order valence-corrected chi connectivity index (χ1v) is 10.7. The van der Waals surface area contributed by atoms with Crippen LogP contribution in [0.5, 0.6) is 0 Å². The van der Waals surface area contributed by atoms with E-state index >= 15 is 0 Å². The lowest BCUT2D eigenvalue weighted by Gasteiger charge is -2.25. The van der Waals surface area contributed by atoms with Gasteiger partial charge in [0.25, 0.3) is 0 Å². The van der Waals surface area contributed by atoms with Crippen LogP contribution in [0.15, 0.2) is 53.6 Å². The van der Waals surface area contributed by atoms with Crippen LogP contribution < -0.4 is 5.32 Å². The van der Waals surface area contributed by atoms with Crippen molar-refractivity contribution in [2.24, 2.45) is 10.5 Å². The van der Waals surface area contributed by atoms with E-state index in [9.17, 15) is 4.79 Å². The molecule has 0 saturated carbocycles. The van der Waals surface area contributed by atoms with Crippen LogP contribution >= 0.6 is 35.0 Å². The van der Waals surface area contributed by atoms with Gasteiger partial charge in [-0.15, -0.1) is 0 Å². The number of carbonyl (C=O) groups is 1. The molecule has 1 amide bonds. The molecule has 142 valence electrons. The number of nitrogens with zero attached hydrogens (tertiary/aromatic N) is 2. The highest BCUT2D eigenvalue weighted by atomic mass is 35.5. The van der Waals surface area contributed by atoms with E-state index in [0.717, 1.165) is 22.7 Å². The maximum Gasteiger partial charge on any atom is 0.245 e. The number of nitrogens with one attached hydrogen (secondary N) is 1. The first-order valence-electron chi connectivity index (χ1n) is 8.54. The standard InChI is InChI=1S/C20H21Cl2N3OS/c1-20(13-27-2)12-25(24-19(20)14-3-5-15(21)6-4-14)11-18(26)23-17-9-7-16(22)8-10-17/h3-10H,11-13H2,1-2H3,(H,23,26). The van der Waals surface area contributed by atoms with E-state index in [4.69, 9.17) is 28.3 Å². The first-order chi connectivity index (χ1) is 12.9. The molecule has 27 heavy (non-hydrogen) atoms. The third-order valence-corrected chi connectivity index (χ3v) is 5.81. The summed E-state index contributed by atoms with van der Waals surface area (Å²) in [7, 11) is 0. The highest BCUT2D eigenvalue weighted by molar-refractivity contribution is 7.98. The monoisotopic (exact) mass is 421 g/mol. The lowest BCUT2D eigenvalue weighted by molar-refractivity contribution is -0.117. The van der Waals surface area contributed by atoms with E-state index in [1.54, 1.807) is 36.0 Å². The molecule has 1 heterocycles. The van der Waals surface area contributed by atoms with E-state index in [0.29, 0.717) is 16.6 Å². The predicted octanol–water partition coefficient (Wildman–Crippen LogP) is 5.02. The van der Waals surface area contributed by atoms with Crippen molar-refractivity contribution in [1.82, 2.24) is 5.01 Å². The summed E-state index contributed by atoms with van der Waals surface area (Å²) in [6.07, 6.45) is 2.08. The van der Waals surface area contributed by atoms with Crippen LogP contribution in [0.4, 0.5) is 5.69 Å². The Morgan fingerprint density at radius 3 is 2.33 bits per heavy atom. The minimum atomic E-state index is -0.131. The fourth-order valence-corrected chi connectivity index (χ4v) is 4.33. The number of thioether (sulfide) groups is 1. The summed E-state index contributed by atoms with van der Waals surface area (Å²) in [4.78, 5) is 12.4. The minimum Gasteiger partial charge on any atom is -0.324 e. The zero-order valence-corrected chi connectivity index (χ0v) is 17.5. The topological polar surface area (TPSA) is 44.7 Å². The number of amides is 1. The average molecular weight is 422 g/mol. The summed E-state index contributed by atoms with van der Waals surface area (Å²) in [5.41, 5.74) is 2.62. The summed E-state index contributed by atoms with van der Waals surface area (Å²) >= 11 is 13.7. The van der Waals surface area contributed by atoms with Crippen molar-refractivity contribution in [3.63, 3.8) is 0 Å². The number of carbonyl (C=O) groups excluding carboxylic acids is 1. The van der Waals surface area contributed by atoms with E-state index in [-0.39, 0.29) is 17.9 Å². The molecule has 0 aliphatic carbocycles. The van der Waals surface area contributed by atoms with Crippen LogP contribution in [-0.2, 0) is 4.79 Å². The molecule has 0 fully saturated rings. The maximum absolute atomic E-state index is 12.4. The van der Waals surface area contributed by atoms with Crippen LogP contribution in [0.2, 0.25) is 10.0 Å². The molecule has 0 spiro atoms. The van der Waals surface area contributed by atoms with E-state index in [1.807, 2.05) is 29.3 Å². The van der Waals surface area contributed by atoms with Gasteiger partial charge in [0.15, 0.2) is 0 Å². The molecule has 0 radical (unpaired) electrons. The molecule has 2 aromatic rings. The molecular weight excluding hydrogens is 401 g/mol. The summed E-state index contributed by atoms with van der Waals surface area (Å²) < 4.78 is 0. The number of benzene rings is 2. The van der Waals surface area contributed by atoms with Crippen molar-refractivity contribution in [3.05, 3.63) is 64.1 Å². The van der Waals surface area contributed by atoms with Gasteiger partial charge in [-0.3, -0.25) is 9.80 Å². The molecule has 3 rings (SSSR count). The van der Waals surface area contributed by atoms with Crippen LogP contribution in [-0.4, -0.2) is 41.7 Å². The normalized spacial score (nSPS) is 19.1. The Balaban J connectivity index is 1.74. The van der Waals surface area contributed by atoms with Gasteiger partial charge in [-0.25, -0.2) is 0 Å². The third kappa shape index (κ3) is 4.98. The van der Waals surface area contributed by atoms with Gasteiger partial charge in [0.1, 0.15) is 6.54 Å². The first kappa shape index (κ1) is 20.1. The van der Waals surface area contributed by atoms with Gasteiger partial charge >= 0.3 is 0 Å². The average Bonchev–Trinajstić information content (AvgIpc) is 2.94. The number of halogens is 2. The van der Waals surface area contributed by atoms with Gasteiger partial charge in [-0.05, 0) is 48.2 Å². The van der Waals surface area contributed by atoms with Crippen molar-refractivity contribution >= 4 is 52.3 Å². The summed E-state index contributed by atoms with van der Waals surface area (Å²) in [6, 6.07) is 14.8. The van der Waals surface area contributed by atoms with Crippen molar-refractivity contribution in [3.8, 4) is 0 Å². The molecule has 0 saturated heterocycles. The van der Waals surface area contributed by atoms with E-state index < -0.39 is 0 Å². The van der Waals surface area contributed by atoms with Crippen molar-refractivity contribution in [2.75, 3.05) is 30.4 Å². The van der Waals surface area contributed by atoms with Crippen LogP contribution in [0.3, 0.4) is 0 Å². The number of hydrogen-bond donors (Lipinski definition) is 1. The Morgan fingerprint density at radius 1 is 1.15 bits per heavy atom. The fourth-order valence-electron chi connectivity index (χ4n) is 3.21. The lowest BCUT2D eigenvalue weighted by atomic mass is 9.84. The summed E-state index contributed by atoms with van der Waals surface area (Å²) in [5.74, 6) is 0.814. The van der Waals surface area contributed by atoms with Crippen molar-refractivity contribution in [2.45, 2.75) is 6.92 Å². The molecule has 1 aliphatic heterocycles. The SMILES string of the molecule is CSCC1(C)CN(CC(=O)Nc2ccc(Cl)cc2)N=C1c1ccc(Cl)cc1. The quantitative estimate of drug-likeness (QED) is 0.711. The Bertz CT molecular complexity index is 839. The summed E-state index contributed by atoms with van der Waals surface area (Å²) in [5, 5.41) is 10.8. The second-order valence-electron chi connectivity index (χ2n) is 6.83. The van der Waals surface area contributed by atoms with Gasteiger partial charge in [-0.1, -0.05) is 42.3 Å². The van der Waals surface area contributed by atoms with Crippen LogP contribution in [0, 0.1) is 5.41 Å². The van der Waals surface area contributed by atoms with E-state index in [1.165, 1.54) is 0 Å². The molecule has 1 N–H and O–H groups in total. The lowest BCUT2D eigenvalue weighted by Crippen LogP contribution is -2.36. The van der Waals surface area contributed by atoms with Gasteiger partial charge < -0.3 is 5.32 Å².